The number of carbonyl (C=O) groups is 2. The molecule has 1 aromatic carbocycles. The molecule has 1 fully saturated rings. The average Bonchev–Trinajstić information content (AvgIpc) is 2.26. The van der Waals surface area contributed by atoms with Gasteiger partial charge >= 0.3 is 18.3 Å². The summed E-state index contributed by atoms with van der Waals surface area (Å²) in [6.45, 7) is -0.631. The van der Waals surface area contributed by atoms with Crippen molar-refractivity contribution in [2.24, 2.45) is 0 Å². The molecule has 0 saturated carbocycles. The molecule has 0 unspecified atom stereocenters. The number of esters is 2. The monoisotopic (exact) mass is 275 g/mol. The minimum absolute atomic E-state index is 0.00447. The van der Waals surface area contributed by atoms with E-state index in [9.17, 15) is 22.8 Å². The second-order valence-electron chi connectivity index (χ2n) is 3.72. The fraction of sp³-hybridized carbons (Fsp3) is 0.273. The second kappa shape index (κ2) is 4.79. The molecule has 0 bridgehead atoms. The molecule has 102 valence electrons. The van der Waals surface area contributed by atoms with E-state index >= 15 is 0 Å². The Labute approximate surface area is 105 Å². The Kier molecular flexibility index (Phi) is 3.32. The van der Waals surface area contributed by atoms with Gasteiger partial charge in [0.15, 0.2) is 5.75 Å². The Morgan fingerprint density at radius 3 is 2.26 bits per heavy atom. The van der Waals surface area contributed by atoms with Gasteiger partial charge in [-0.25, -0.2) is 9.59 Å². The van der Waals surface area contributed by atoms with Crippen LogP contribution < -0.4 is 9.64 Å². The number of halogens is 3. The maximum absolute atomic E-state index is 12.2. The van der Waals surface area contributed by atoms with Crippen molar-refractivity contribution < 1.29 is 32.2 Å². The summed E-state index contributed by atoms with van der Waals surface area (Å²) < 4.78 is 44.9. The Morgan fingerprint density at radius 1 is 1.11 bits per heavy atom. The van der Waals surface area contributed by atoms with Crippen LogP contribution in [0.1, 0.15) is 0 Å². The largest absolute Gasteiger partial charge is 0.573 e. The molecule has 0 aromatic heterocycles. The molecule has 1 saturated heterocycles. The zero-order chi connectivity index (χ0) is 14.0. The van der Waals surface area contributed by atoms with Crippen LogP contribution in [0.2, 0.25) is 0 Å². The van der Waals surface area contributed by atoms with Gasteiger partial charge in [-0.1, -0.05) is 12.1 Å². The van der Waals surface area contributed by atoms with Gasteiger partial charge in [0.25, 0.3) is 0 Å². The lowest BCUT2D eigenvalue weighted by atomic mass is 10.2. The number of cyclic esters (lactones) is 2. The number of alkyl halides is 3. The molecule has 1 aliphatic heterocycles. The van der Waals surface area contributed by atoms with Gasteiger partial charge in [0.2, 0.25) is 0 Å². The number of nitrogens with zero attached hydrogens (tertiary/aromatic N) is 1. The molecule has 0 N–H and O–H groups in total. The van der Waals surface area contributed by atoms with Crippen molar-refractivity contribution in [1.29, 1.82) is 0 Å². The van der Waals surface area contributed by atoms with Crippen LogP contribution in [0.25, 0.3) is 0 Å². The third-order valence-electron chi connectivity index (χ3n) is 2.30. The number of ether oxygens (including phenoxy) is 2. The highest BCUT2D eigenvalue weighted by Gasteiger charge is 2.34. The topological polar surface area (TPSA) is 55.8 Å². The third kappa shape index (κ3) is 3.36. The smallest absolute Gasteiger partial charge is 0.404 e. The van der Waals surface area contributed by atoms with E-state index in [4.69, 9.17) is 0 Å². The molecule has 0 amide bonds. The van der Waals surface area contributed by atoms with E-state index < -0.39 is 24.1 Å². The van der Waals surface area contributed by atoms with Crippen LogP contribution in [0.5, 0.6) is 5.75 Å². The fourth-order valence-electron chi connectivity index (χ4n) is 1.66. The predicted molar refractivity (Wildman–Crippen MR) is 56.4 cm³/mol. The van der Waals surface area contributed by atoms with E-state index in [0.717, 1.165) is 11.0 Å². The van der Waals surface area contributed by atoms with Crippen LogP contribution in [0.15, 0.2) is 24.3 Å². The van der Waals surface area contributed by atoms with E-state index in [0.29, 0.717) is 0 Å². The van der Waals surface area contributed by atoms with Crippen molar-refractivity contribution in [3.05, 3.63) is 24.3 Å². The van der Waals surface area contributed by atoms with Gasteiger partial charge in [-0.3, -0.25) is 0 Å². The van der Waals surface area contributed by atoms with Crippen molar-refractivity contribution in [2.75, 3.05) is 18.0 Å². The first-order valence-corrected chi connectivity index (χ1v) is 5.18. The zero-order valence-electron chi connectivity index (χ0n) is 9.44. The lowest BCUT2D eigenvalue weighted by Crippen LogP contribution is -2.43. The summed E-state index contributed by atoms with van der Waals surface area (Å²) in [5.74, 6) is -2.12. The fourth-order valence-corrected chi connectivity index (χ4v) is 1.66. The molecule has 1 aromatic rings. The maximum atomic E-state index is 12.2. The summed E-state index contributed by atoms with van der Waals surface area (Å²) in [7, 11) is 0. The maximum Gasteiger partial charge on any atom is 0.573 e. The highest BCUT2D eigenvalue weighted by molar-refractivity contribution is 5.94. The molecular formula is C11H8F3NO4. The summed E-state index contributed by atoms with van der Waals surface area (Å²) in [4.78, 5) is 23.4. The van der Waals surface area contributed by atoms with Crippen molar-refractivity contribution in [1.82, 2.24) is 0 Å². The van der Waals surface area contributed by atoms with Gasteiger partial charge in [0.05, 0.1) is 5.69 Å². The molecular weight excluding hydrogens is 267 g/mol. The number of benzene rings is 1. The zero-order valence-corrected chi connectivity index (χ0v) is 9.44. The number of rotatable bonds is 2. The number of morpholine rings is 1. The summed E-state index contributed by atoms with van der Waals surface area (Å²) >= 11 is 0. The normalized spacial score (nSPS) is 16.3. The van der Waals surface area contributed by atoms with Gasteiger partial charge in [-0.2, -0.15) is 0 Å². The molecule has 5 nitrogen and oxygen atoms in total. The molecule has 8 heteroatoms. The van der Waals surface area contributed by atoms with Gasteiger partial charge in [0.1, 0.15) is 13.1 Å². The molecule has 1 heterocycles. The quantitative estimate of drug-likeness (QED) is 0.604. The van der Waals surface area contributed by atoms with E-state index in [-0.39, 0.29) is 18.8 Å². The first-order chi connectivity index (χ1) is 8.85. The third-order valence-corrected chi connectivity index (χ3v) is 2.30. The lowest BCUT2D eigenvalue weighted by Gasteiger charge is -2.27. The summed E-state index contributed by atoms with van der Waals surface area (Å²) in [5.41, 5.74) is 0.00447. The van der Waals surface area contributed by atoms with Crippen molar-refractivity contribution >= 4 is 17.6 Å². The molecule has 0 atom stereocenters. The van der Waals surface area contributed by atoms with Crippen molar-refractivity contribution in [3.63, 3.8) is 0 Å². The van der Waals surface area contributed by atoms with Crippen LogP contribution >= 0.6 is 0 Å². The molecule has 1 aliphatic rings. The number of hydrogen-bond acceptors (Lipinski definition) is 5. The van der Waals surface area contributed by atoms with E-state index in [1.807, 2.05) is 0 Å². The number of para-hydroxylation sites is 2. The Morgan fingerprint density at radius 2 is 1.68 bits per heavy atom. The van der Waals surface area contributed by atoms with Gasteiger partial charge in [-0.05, 0) is 12.1 Å². The van der Waals surface area contributed by atoms with Crippen LogP contribution in [0, 0.1) is 0 Å². The Bertz CT molecular complexity index is 499. The standard InChI is InChI=1S/C11H8F3NO4/c12-11(13,14)19-8-4-2-1-3-7(8)15-5-9(16)18-10(17)6-15/h1-4H,5-6H2. The number of carbonyl (C=O) groups excluding carboxylic acids is 2. The van der Waals surface area contributed by atoms with E-state index in [1.54, 1.807) is 0 Å². The molecule has 0 spiro atoms. The number of hydrogen-bond donors (Lipinski definition) is 0. The Hall–Kier alpha value is -2.25. The van der Waals surface area contributed by atoms with E-state index in [2.05, 4.69) is 9.47 Å². The Balaban J connectivity index is 2.29. The average molecular weight is 275 g/mol. The van der Waals surface area contributed by atoms with Crippen LogP contribution in [0.4, 0.5) is 18.9 Å². The predicted octanol–water partition coefficient (Wildman–Crippen LogP) is 1.47. The molecule has 0 aliphatic carbocycles. The summed E-state index contributed by atoms with van der Waals surface area (Å²) in [6.07, 6.45) is -4.85. The highest BCUT2D eigenvalue weighted by Crippen LogP contribution is 2.33. The van der Waals surface area contributed by atoms with Crippen molar-refractivity contribution in [2.45, 2.75) is 6.36 Å². The van der Waals surface area contributed by atoms with Crippen LogP contribution in [-0.4, -0.2) is 31.4 Å². The first kappa shape index (κ1) is 13.2. The van der Waals surface area contributed by atoms with Crippen molar-refractivity contribution in [3.8, 4) is 5.75 Å². The molecule has 19 heavy (non-hydrogen) atoms. The van der Waals surface area contributed by atoms with Gasteiger partial charge < -0.3 is 14.4 Å². The summed E-state index contributed by atoms with van der Waals surface area (Å²) in [5, 5.41) is 0. The summed E-state index contributed by atoms with van der Waals surface area (Å²) in [6, 6.07) is 5.26. The lowest BCUT2D eigenvalue weighted by molar-refractivity contribution is -0.274. The second-order valence-corrected chi connectivity index (χ2v) is 3.72. The number of anilines is 1. The van der Waals surface area contributed by atoms with Gasteiger partial charge in [-0.15, -0.1) is 13.2 Å². The molecule has 2 rings (SSSR count). The molecule has 0 radical (unpaired) electrons. The van der Waals surface area contributed by atoms with Crippen LogP contribution in [0.3, 0.4) is 0 Å². The first-order valence-electron chi connectivity index (χ1n) is 5.18. The highest BCUT2D eigenvalue weighted by atomic mass is 19.4. The van der Waals surface area contributed by atoms with Gasteiger partial charge in [0, 0.05) is 0 Å². The SMILES string of the molecule is O=C1CN(c2ccccc2OC(F)(F)F)CC(=O)O1. The van der Waals surface area contributed by atoms with Crippen LogP contribution in [-0.2, 0) is 14.3 Å². The minimum atomic E-state index is -4.85. The minimum Gasteiger partial charge on any atom is -0.404 e. The van der Waals surface area contributed by atoms with E-state index in [1.165, 1.54) is 18.2 Å².